The Hall–Kier alpha value is -0.250. The second kappa shape index (κ2) is 2.91. The van der Waals surface area contributed by atoms with Gasteiger partial charge in [-0.3, -0.25) is 0 Å². The molecule has 1 nitrogen and oxygen atoms in total. The Morgan fingerprint density at radius 2 is 2.00 bits per heavy atom. The van der Waals surface area contributed by atoms with Gasteiger partial charge in [0.1, 0.15) is 5.54 Å². The molecule has 0 bridgehead atoms. The number of hydrogen-bond acceptors (Lipinski definition) is 1. The van der Waals surface area contributed by atoms with Gasteiger partial charge in [0.25, 0.3) is 0 Å². The van der Waals surface area contributed by atoms with E-state index in [0.717, 1.165) is 0 Å². The molecule has 0 aliphatic heterocycles. The number of halogens is 3. The van der Waals surface area contributed by atoms with Crippen LogP contribution in [0.4, 0.5) is 13.2 Å². The first-order valence-electron chi connectivity index (χ1n) is 4.17. The number of rotatable bonds is 1. The second-order valence-corrected chi connectivity index (χ2v) is 3.68. The average molecular weight is 181 g/mol. The zero-order chi connectivity index (χ0) is 9.41. The number of hydrogen-bond donors (Lipinski definition) is 1. The maximum atomic E-state index is 12.5. The normalized spacial score (nSPS) is 37.2. The molecule has 2 atom stereocenters. The smallest absolute Gasteiger partial charge is 0.307 e. The van der Waals surface area contributed by atoms with Gasteiger partial charge in [-0.1, -0.05) is 6.92 Å². The van der Waals surface area contributed by atoms with Gasteiger partial charge in [-0.05, 0) is 32.2 Å². The Morgan fingerprint density at radius 1 is 1.42 bits per heavy atom. The predicted molar refractivity (Wildman–Crippen MR) is 40.9 cm³/mol. The summed E-state index contributed by atoms with van der Waals surface area (Å²) in [5, 5.41) is 2.42. The minimum absolute atomic E-state index is 0.180. The topological polar surface area (TPSA) is 12.0 Å². The van der Waals surface area contributed by atoms with Crippen molar-refractivity contribution in [3.63, 3.8) is 0 Å². The third-order valence-corrected chi connectivity index (χ3v) is 2.78. The van der Waals surface area contributed by atoms with Crippen molar-refractivity contribution in [3.05, 3.63) is 0 Å². The molecule has 0 radical (unpaired) electrons. The molecule has 4 heteroatoms. The molecule has 1 saturated carbocycles. The van der Waals surface area contributed by atoms with E-state index in [0.29, 0.717) is 6.42 Å². The van der Waals surface area contributed by atoms with Crippen molar-refractivity contribution in [3.8, 4) is 0 Å². The van der Waals surface area contributed by atoms with Crippen LogP contribution in [0.3, 0.4) is 0 Å². The molecule has 12 heavy (non-hydrogen) atoms. The van der Waals surface area contributed by atoms with Crippen molar-refractivity contribution in [1.82, 2.24) is 5.32 Å². The largest absolute Gasteiger partial charge is 0.406 e. The van der Waals surface area contributed by atoms with Crippen LogP contribution in [0.25, 0.3) is 0 Å². The Morgan fingerprint density at radius 3 is 2.17 bits per heavy atom. The first-order valence-corrected chi connectivity index (χ1v) is 4.17. The molecule has 1 rings (SSSR count). The SMILES string of the molecule is CNC1(C(F)(F)F)CCC(C)C1. The molecule has 1 aliphatic carbocycles. The monoisotopic (exact) mass is 181 g/mol. The summed E-state index contributed by atoms with van der Waals surface area (Å²) in [4.78, 5) is 0. The summed E-state index contributed by atoms with van der Waals surface area (Å²) < 4.78 is 37.6. The van der Waals surface area contributed by atoms with E-state index in [1.165, 1.54) is 7.05 Å². The van der Waals surface area contributed by atoms with E-state index < -0.39 is 11.7 Å². The fraction of sp³-hybridized carbons (Fsp3) is 1.00. The fourth-order valence-corrected chi connectivity index (χ4v) is 1.92. The van der Waals surface area contributed by atoms with E-state index in [2.05, 4.69) is 5.32 Å². The number of alkyl halides is 3. The number of nitrogens with one attached hydrogen (secondary N) is 1. The molecule has 0 amide bonds. The van der Waals surface area contributed by atoms with Gasteiger partial charge >= 0.3 is 6.18 Å². The van der Waals surface area contributed by atoms with Crippen LogP contribution in [0.1, 0.15) is 26.2 Å². The van der Waals surface area contributed by atoms with Crippen molar-refractivity contribution < 1.29 is 13.2 Å². The lowest BCUT2D eigenvalue weighted by Gasteiger charge is -2.31. The van der Waals surface area contributed by atoms with Crippen LogP contribution in [0.2, 0.25) is 0 Å². The molecule has 1 N–H and O–H groups in total. The highest BCUT2D eigenvalue weighted by Crippen LogP contribution is 2.44. The third kappa shape index (κ3) is 1.44. The highest BCUT2D eigenvalue weighted by Gasteiger charge is 2.56. The van der Waals surface area contributed by atoms with Crippen molar-refractivity contribution in [2.45, 2.75) is 37.9 Å². The van der Waals surface area contributed by atoms with Gasteiger partial charge in [0.2, 0.25) is 0 Å². The molecular formula is C8H14F3N. The summed E-state index contributed by atoms with van der Waals surface area (Å²) in [6, 6.07) is 0. The van der Waals surface area contributed by atoms with Gasteiger partial charge in [0.05, 0.1) is 0 Å². The minimum atomic E-state index is -4.10. The Kier molecular flexibility index (Phi) is 2.38. The Balaban J connectivity index is 2.78. The van der Waals surface area contributed by atoms with Gasteiger partial charge in [0.15, 0.2) is 0 Å². The molecule has 0 aromatic heterocycles. The zero-order valence-corrected chi connectivity index (χ0v) is 7.33. The molecule has 0 spiro atoms. The zero-order valence-electron chi connectivity index (χ0n) is 7.33. The van der Waals surface area contributed by atoms with Crippen LogP contribution in [0, 0.1) is 5.92 Å². The third-order valence-electron chi connectivity index (χ3n) is 2.78. The van der Waals surface area contributed by atoms with Crippen molar-refractivity contribution in [2.75, 3.05) is 7.05 Å². The predicted octanol–water partition coefficient (Wildman–Crippen LogP) is 2.33. The first-order chi connectivity index (χ1) is 5.41. The lowest BCUT2D eigenvalue weighted by Crippen LogP contribution is -2.53. The van der Waals surface area contributed by atoms with Crippen LogP contribution < -0.4 is 5.32 Å². The summed E-state index contributed by atoms with van der Waals surface area (Å²) in [5.74, 6) is 0.180. The van der Waals surface area contributed by atoms with E-state index in [1.807, 2.05) is 6.92 Å². The van der Waals surface area contributed by atoms with E-state index in [-0.39, 0.29) is 18.8 Å². The quantitative estimate of drug-likeness (QED) is 0.654. The average Bonchev–Trinajstić information content (AvgIpc) is 2.31. The van der Waals surface area contributed by atoms with Crippen LogP contribution in [0.5, 0.6) is 0 Å². The van der Waals surface area contributed by atoms with Crippen LogP contribution in [-0.4, -0.2) is 18.8 Å². The second-order valence-electron chi connectivity index (χ2n) is 3.68. The molecule has 72 valence electrons. The molecule has 0 aromatic rings. The van der Waals surface area contributed by atoms with E-state index in [4.69, 9.17) is 0 Å². The maximum absolute atomic E-state index is 12.5. The highest BCUT2D eigenvalue weighted by atomic mass is 19.4. The molecule has 0 heterocycles. The highest BCUT2D eigenvalue weighted by molar-refractivity contribution is 4.99. The van der Waals surface area contributed by atoms with Crippen LogP contribution in [0.15, 0.2) is 0 Å². The molecule has 1 fully saturated rings. The lowest BCUT2D eigenvalue weighted by atomic mass is 9.96. The van der Waals surface area contributed by atoms with Crippen molar-refractivity contribution in [2.24, 2.45) is 5.92 Å². The standard InChI is InChI=1S/C8H14F3N/c1-6-3-4-7(5-6,12-2)8(9,10)11/h6,12H,3-5H2,1-2H3. The van der Waals surface area contributed by atoms with E-state index in [1.54, 1.807) is 0 Å². The molecule has 0 aromatic carbocycles. The van der Waals surface area contributed by atoms with Crippen molar-refractivity contribution >= 4 is 0 Å². The fourth-order valence-electron chi connectivity index (χ4n) is 1.92. The van der Waals surface area contributed by atoms with Crippen molar-refractivity contribution in [1.29, 1.82) is 0 Å². The van der Waals surface area contributed by atoms with Crippen LogP contribution in [-0.2, 0) is 0 Å². The minimum Gasteiger partial charge on any atom is -0.307 e. The van der Waals surface area contributed by atoms with Gasteiger partial charge < -0.3 is 5.32 Å². The van der Waals surface area contributed by atoms with Gasteiger partial charge in [0, 0.05) is 0 Å². The summed E-state index contributed by atoms with van der Waals surface area (Å²) in [6.07, 6.45) is -3.01. The molecule has 2 unspecified atom stereocenters. The maximum Gasteiger partial charge on any atom is 0.406 e. The Labute approximate surface area is 70.3 Å². The van der Waals surface area contributed by atoms with Crippen LogP contribution >= 0.6 is 0 Å². The van der Waals surface area contributed by atoms with E-state index >= 15 is 0 Å². The summed E-state index contributed by atoms with van der Waals surface area (Å²) in [6.45, 7) is 1.87. The lowest BCUT2D eigenvalue weighted by molar-refractivity contribution is -0.194. The van der Waals surface area contributed by atoms with E-state index in [9.17, 15) is 13.2 Å². The molecular weight excluding hydrogens is 167 g/mol. The van der Waals surface area contributed by atoms with Gasteiger partial charge in [-0.25, -0.2) is 0 Å². The first kappa shape index (κ1) is 9.84. The van der Waals surface area contributed by atoms with Gasteiger partial charge in [-0.2, -0.15) is 13.2 Å². The molecule has 1 aliphatic rings. The summed E-state index contributed by atoms with van der Waals surface area (Å²) in [7, 11) is 1.39. The van der Waals surface area contributed by atoms with Gasteiger partial charge in [-0.15, -0.1) is 0 Å². The summed E-state index contributed by atoms with van der Waals surface area (Å²) >= 11 is 0. The Bertz CT molecular complexity index is 166. The molecule has 0 saturated heterocycles. The summed E-state index contributed by atoms with van der Waals surface area (Å²) in [5.41, 5.74) is -1.60.